The first-order valence-corrected chi connectivity index (χ1v) is 9.64. The number of hydrogen-bond acceptors (Lipinski definition) is 4. The van der Waals surface area contributed by atoms with E-state index in [-0.39, 0.29) is 30.3 Å². The van der Waals surface area contributed by atoms with Gasteiger partial charge in [0.05, 0.1) is 25.7 Å². The van der Waals surface area contributed by atoms with Crippen molar-refractivity contribution in [2.45, 2.75) is 58.2 Å². The second kappa shape index (κ2) is 10.7. The minimum atomic E-state index is -0.573. The molecule has 0 saturated carbocycles. The number of benzene rings is 1. The third-order valence-electron chi connectivity index (χ3n) is 5.04. The van der Waals surface area contributed by atoms with E-state index in [4.69, 9.17) is 0 Å². The minimum Gasteiger partial charge on any atom is -0.469 e. The van der Waals surface area contributed by atoms with Crippen LogP contribution in [0.2, 0.25) is 0 Å². The molecule has 28 heavy (non-hydrogen) atoms. The van der Waals surface area contributed by atoms with Crippen molar-refractivity contribution in [3.8, 4) is 11.8 Å². The number of carbonyl (C=O) groups excluding carboxylic acids is 2. The molecular formula is C23H29NO4. The van der Waals surface area contributed by atoms with E-state index >= 15 is 0 Å². The van der Waals surface area contributed by atoms with Gasteiger partial charge in [-0.15, -0.1) is 11.8 Å². The Morgan fingerprint density at radius 2 is 2.04 bits per heavy atom. The Morgan fingerprint density at radius 1 is 1.36 bits per heavy atom. The Labute approximate surface area is 167 Å². The smallest absolute Gasteiger partial charge is 0.309 e. The number of aliphatic hydroxyl groups is 1. The Morgan fingerprint density at radius 3 is 2.68 bits per heavy atom. The standard InChI is InChI=1S/C23H29NO4/c1-4-5-6-17(2)21(25)13-11-20-12-14-22(26)24(20)16-19-9-7-18(8-10-19)15-23(27)28-3/h7-11,13,17,20-21,25H,6,12,14-16H2,1-3H3/b13-11+/t17?,20-,21-/m0/s1. The van der Waals surface area contributed by atoms with Gasteiger partial charge in [-0.2, -0.15) is 0 Å². The highest BCUT2D eigenvalue weighted by Gasteiger charge is 2.29. The van der Waals surface area contributed by atoms with Gasteiger partial charge in [0, 0.05) is 19.4 Å². The van der Waals surface area contributed by atoms with Crippen LogP contribution >= 0.6 is 0 Å². The van der Waals surface area contributed by atoms with Gasteiger partial charge in [-0.1, -0.05) is 43.3 Å². The molecule has 0 radical (unpaired) electrons. The lowest BCUT2D eigenvalue weighted by Crippen LogP contribution is -2.31. The van der Waals surface area contributed by atoms with Crippen molar-refractivity contribution in [3.05, 3.63) is 47.5 Å². The maximum atomic E-state index is 12.3. The number of likely N-dealkylation sites (tertiary alicyclic amines) is 1. The average molecular weight is 383 g/mol. The Kier molecular flexibility index (Phi) is 8.28. The molecule has 1 aliphatic rings. The van der Waals surface area contributed by atoms with E-state index < -0.39 is 6.10 Å². The molecule has 0 bridgehead atoms. The maximum absolute atomic E-state index is 12.3. The summed E-state index contributed by atoms with van der Waals surface area (Å²) in [6.45, 7) is 4.27. The molecule has 1 aromatic carbocycles. The lowest BCUT2D eigenvalue weighted by molar-refractivity contribution is -0.139. The molecule has 1 aromatic rings. The summed E-state index contributed by atoms with van der Waals surface area (Å²) in [6.07, 6.45) is 5.32. The zero-order chi connectivity index (χ0) is 20.5. The third-order valence-corrected chi connectivity index (χ3v) is 5.04. The number of aliphatic hydroxyl groups excluding tert-OH is 1. The summed E-state index contributed by atoms with van der Waals surface area (Å²) in [5, 5.41) is 10.3. The van der Waals surface area contributed by atoms with Gasteiger partial charge in [0.15, 0.2) is 0 Å². The van der Waals surface area contributed by atoms with Crippen molar-refractivity contribution >= 4 is 11.9 Å². The van der Waals surface area contributed by atoms with Gasteiger partial charge in [0.2, 0.25) is 5.91 Å². The highest BCUT2D eigenvalue weighted by molar-refractivity contribution is 5.79. The molecule has 1 amide bonds. The zero-order valence-corrected chi connectivity index (χ0v) is 16.9. The van der Waals surface area contributed by atoms with Crippen LogP contribution in [0.3, 0.4) is 0 Å². The van der Waals surface area contributed by atoms with E-state index in [9.17, 15) is 14.7 Å². The number of ether oxygens (including phenoxy) is 1. The number of rotatable bonds is 8. The first-order chi connectivity index (χ1) is 13.4. The van der Waals surface area contributed by atoms with Gasteiger partial charge in [-0.3, -0.25) is 9.59 Å². The van der Waals surface area contributed by atoms with E-state index in [0.29, 0.717) is 19.4 Å². The van der Waals surface area contributed by atoms with E-state index in [1.54, 1.807) is 13.0 Å². The summed E-state index contributed by atoms with van der Waals surface area (Å²) in [5.74, 6) is 5.73. The fourth-order valence-electron chi connectivity index (χ4n) is 3.17. The molecule has 1 fully saturated rings. The van der Waals surface area contributed by atoms with E-state index in [1.807, 2.05) is 42.2 Å². The lowest BCUT2D eigenvalue weighted by Gasteiger charge is -2.23. The average Bonchev–Trinajstić information content (AvgIpc) is 3.05. The van der Waals surface area contributed by atoms with Crippen molar-refractivity contribution in [1.29, 1.82) is 0 Å². The van der Waals surface area contributed by atoms with Crippen LogP contribution in [0.25, 0.3) is 0 Å². The van der Waals surface area contributed by atoms with Crippen LogP contribution in [-0.2, 0) is 27.3 Å². The number of hydrogen-bond donors (Lipinski definition) is 1. The lowest BCUT2D eigenvalue weighted by atomic mass is 10.00. The van der Waals surface area contributed by atoms with Crippen LogP contribution < -0.4 is 0 Å². The van der Waals surface area contributed by atoms with Crippen LogP contribution in [0, 0.1) is 17.8 Å². The summed E-state index contributed by atoms with van der Waals surface area (Å²) in [6, 6.07) is 7.63. The number of methoxy groups -OCH3 is 1. The molecule has 0 aromatic heterocycles. The fraction of sp³-hybridized carbons (Fsp3) is 0.478. The monoisotopic (exact) mass is 383 g/mol. The molecule has 1 N–H and O–H groups in total. The summed E-state index contributed by atoms with van der Waals surface area (Å²) in [4.78, 5) is 25.5. The summed E-state index contributed by atoms with van der Waals surface area (Å²) >= 11 is 0. The van der Waals surface area contributed by atoms with E-state index in [1.165, 1.54) is 7.11 Å². The molecule has 3 atom stereocenters. The molecule has 2 rings (SSSR count). The highest BCUT2D eigenvalue weighted by Crippen LogP contribution is 2.23. The molecule has 0 aliphatic carbocycles. The maximum Gasteiger partial charge on any atom is 0.309 e. The SMILES string of the molecule is CC#CCC(C)[C@@H](O)/C=C/[C@H]1CCC(=O)N1Cc1ccc(CC(=O)OC)cc1. The van der Waals surface area contributed by atoms with Crippen molar-refractivity contribution in [3.63, 3.8) is 0 Å². The Balaban J connectivity index is 1.98. The molecule has 1 unspecified atom stereocenters. The van der Waals surface area contributed by atoms with E-state index in [0.717, 1.165) is 17.5 Å². The normalized spacial score (nSPS) is 18.6. The molecule has 0 spiro atoms. The third kappa shape index (κ3) is 6.24. The van der Waals surface area contributed by atoms with Gasteiger partial charge in [-0.25, -0.2) is 0 Å². The molecule has 1 heterocycles. The number of amides is 1. The summed E-state index contributed by atoms with van der Waals surface area (Å²) in [5.41, 5.74) is 1.89. The van der Waals surface area contributed by atoms with Gasteiger partial charge in [0.25, 0.3) is 0 Å². The number of esters is 1. The van der Waals surface area contributed by atoms with E-state index in [2.05, 4.69) is 16.6 Å². The van der Waals surface area contributed by atoms with Crippen molar-refractivity contribution in [1.82, 2.24) is 4.90 Å². The molecule has 1 aliphatic heterocycles. The van der Waals surface area contributed by atoms with Crippen LogP contribution in [0.5, 0.6) is 0 Å². The second-order valence-electron chi connectivity index (χ2n) is 7.18. The second-order valence-corrected chi connectivity index (χ2v) is 7.18. The van der Waals surface area contributed by atoms with Crippen molar-refractivity contribution in [2.24, 2.45) is 5.92 Å². The predicted molar refractivity (Wildman–Crippen MR) is 108 cm³/mol. The fourth-order valence-corrected chi connectivity index (χ4v) is 3.17. The Hall–Kier alpha value is -2.58. The molecule has 5 heteroatoms. The quantitative estimate of drug-likeness (QED) is 0.426. The summed E-state index contributed by atoms with van der Waals surface area (Å²) < 4.78 is 4.68. The first-order valence-electron chi connectivity index (χ1n) is 9.64. The topological polar surface area (TPSA) is 66.8 Å². The van der Waals surface area contributed by atoms with Gasteiger partial charge in [0.1, 0.15) is 0 Å². The van der Waals surface area contributed by atoms with Crippen LogP contribution in [0.4, 0.5) is 0 Å². The highest BCUT2D eigenvalue weighted by atomic mass is 16.5. The molecule has 5 nitrogen and oxygen atoms in total. The first kappa shape index (κ1) is 21.7. The van der Waals surface area contributed by atoms with Gasteiger partial charge >= 0.3 is 5.97 Å². The minimum absolute atomic E-state index is 0.0126. The van der Waals surface area contributed by atoms with Crippen molar-refractivity contribution in [2.75, 3.05) is 7.11 Å². The van der Waals surface area contributed by atoms with Crippen LogP contribution in [0.15, 0.2) is 36.4 Å². The number of nitrogens with zero attached hydrogens (tertiary/aromatic N) is 1. The van der Waals surface area contributed by atoms with Gasteiger partial charge in [-0.05, 0) is 30.4 Å². The molecular weight excluding hydrogens is 354 g/mol. The largest absolute Gasteiger partial charge is 0.469 e. The zero-order valence-electron chi connectivity index (χ0n) is 16.9. The molecule has 150 valence electrons. The summed E-state index contributed by atoms with van der Waals surface area (Å²) in [7, 11) is 1.37. The van der Waals surface area contributed by atoms with Crippen molar-refractivity contribution < 1.29 is 19.4 Å². The predicted octanol–water partition coefficient (Wildman–Crippen LogP) is 2.86. The van der Waals surface area contributed by atoms with Crippen LogP contribution in [0.1, 0.15) is 44.2 Å². The van der Waals surface area contributed by atoms with Gasteiger partial charge < -0.3 is 14.7 Å². The Bertz CT molecular complexity index is 757. The molecule has 1 saturated heterocycles. The van der Waals surface area contributed by atoms with Crippen LogP contribution in [-0.4, -0.2) is 41.1 Å². The number of carbonyl (C=O) groups is 2.